The molecule has 1 fully saturated rings. The Kier molecular flexibility index (Phi) is 4.43. The van der Waals surface area contributed by atoms with Crippen LogP contribution in [0.1, 0.15) is 19.3 Å². The van der Waals surface area contributed by atoms with Gasteiger partial charge in [0.25, 0.3) is 5.56 Å². The Labute approximate surface area is 126 Å². The van der Waals surface area contributed by atoms with Gasteiger partial charge in [0.15, 0.2) is 5.16 Å². The molecule has 3 rings (SSSR count). The number of hydrogen-bond donors (Lipinski definition) is 0. The van der Waals surface area contributed by atoms with Crippen molar-refractivity contribution >= 4 is 33.3 Å². The highest BCUT2D eigenvalue weighted by atomic mass is 32.2. The number of nitrogens with zero attached hydrogens (tertiary/aromatic N) is 3. The van der Waals surface area contributed by atoms with Crippen molar-refractivity contribution in [2.45, 2.75) is 24.4 Å². The number of rotatable bonds is 4. The third-order valence-electron chi connectivity index (χ3n) is 3.73. The van der Waals surface area contributed by atoms with Gasteiger partial charge in [0, 0.05) is 19.3 Å². The third kappa shape index (κ3) is 2.92. The number of aromatic nitrogens is 2. The summed E-state index contributed by atoms with van der Waals surface area (Å²) >= 11 is 3.16. The van der Waals surface area contributed by atoms with Crippen molar-refractivity contribution in [1.82, 2.24) is 14.5 Å². The number of hydrogen-bond acceptors (Lipinski definition) is 5. The predicted molar refractivity (Wildman–Crippen MR) is 85.9 cm³/mol. The summed E-state index contributed by atoms with van der Waals surface area (Å²) in [5.41, 5.74) is 0.907. The smallest absolute Gasteiger partial charge is 0.271 e. The van der Waals surface area contributed by atoms with Crippen LogP contribution >= 0.6 is 23.1 Å². The summed E-state index contributed by atoms with van der Waals surface area (Å²) in [5.74, 6) is 0.996. The van der Waals surface area contributed by atoms with E-state index in [1.165, 1.54) is 43.7 Å². The van der Waals surface area contributed by atoms with Crippen LogP contribution in [0, 0.1) is 0 Å². The second kappa shape index (κ2) is 6.28. The zero-order valence-corrected chi connectivity index (χ0v) is 13.3. The fourth-order valence-corrected chi connectivity index (χ4v) is 4.32. The van der Waals surface area contributed by atoms with E-state index in [0.29, 0.717) is 0 Å². The molecule has 0 amide bonds. The average molecular weight is 309 g/mol. The largest absolute Gasteiger partial charge is 0.303 e. The lowest BCUT2D eigenvalue weighted by atomic mass is 10.1. The molecule has 0 unspecified atom stereocenters. The van der Waals surface area contributed by atoms with Crippen LogP contribution in [0.4, 0.5) is 0 Å². The molecule has 2 aromatic rings. The number of likely N-dealkylation sites (tertiary alicyclic amines) is 1. The zero-order chi connectivity index (χ0) is 13.9. The van der Waals surface area contributed by atoms with Gasteiger partial charge in [-0.1, -0.05) is 18.2 Å². The van der Waals surface area contributed by atoms with E-state index in [9.17, 15) is 4.79 Å². The molecule has 2 aromatic heterocycles. The molecule has 108 valence electrons. The number of thioether (sulfide) groups is 1. The first-order valence-electron chi connectivity index (χ1n) is 7.05. The van der Waals surface area contributed by atoms with Crippen molar-refractivity contribution in [3.8, 4) is 0 Å². The SMILES string of the molecule is Cn1c(SCCN2CCCCC2)nc2ccsc2c1=O. The molecule has 0 aliphatic carbocycles. The second-order valence-corrected chi connectivity index (χ2v) is 7.12. The summed E-state index contributed by atoms with van der Waals surface area (Å²) in [6.45, 7) is 3.52. The molecule has 0 aromatic carbocycles. The molecule has 0 saturated carbocycles. The predicted octanol–water partition coefficient (Wildman–Crippen LogP) is 2.57. The lowest BCUT2D eigenvalue weighted by molar-refractivity contribution is 0.242. The monoisotopic (exact) mass is 309 g/mol. The van der Waals surface area contributed by atoms with Gasteiger partial charge in [-0.05, 0) is 37.4 Å². The van der Waals surface area contributed by atoms with Crippen LogP contribution in [0.25, 0.3) is 10.2 Å². The second-order valence-electron chi connectivity index (χ2n) is 5.14. The van der Waals surface area contributed by atoms with E-state index >= 15 is 0 Å². The van der Waals surface area contributed by atoms with Crippen LogP contribution in [0.2, 0.25) is 0 Å². The molecule has 3 heterocycles. The first-order valence-corrected chi connectivity index (χ1v) is 8.91. The van der Waals surface area contributed by atoms with E-state index in [-0.39, 0.29) is 5.56 Å². The fourth-order valence-electron chi connectivity index (χ4n) is 2.55. The molecule has 4 nitrogen and oxygen atoms in total. The van der Waals surface area contributed by atoms with Gasteiger partial charge < -0.3 is 4.90 Å². The maximum absolute atomic E-state index is 12.2. The lowest BCUT2D eigenvalue weighted by Crippen LogP contribution is -2.31. The zero-order valence-electron chi connectivity index (χ0n) is 11.7. The summed E-state index contributed by atoms with van der Waals surface area (Å²) in [6.07, 6.45) is 4.01. The molecule has 0 atom stereocenters. The standard InChI is InChI=1S/C14H19N3OS2/c1-16-13(18)12-11(5-9-19-12)15-14(16)20-10-8-17-6-3-2-4-7-17/h5,9H,2-4,6-8,10H2,1H3. The summed E-state index contributed by atoms with van der Waals surface area (Å²) in [4.78, 5) is 19.3. The van der Waals surface area contributed by atoms with Crippen LogP contribution in [-0.4, -0.2) is 39.8 Å². The Balaban J connectivity index is 1.67. The lowest BCUT2D eigenvalue weighted by Gasteiger charge is -2.26. The van der Waals surface area contributed by atoms with E-state index in [2.05, 4.69) is 9.88 Å². The first kappa shape index (κ1) is 14.1. The maximum Gasteiger partial charge on any atom is 0.271 e. The highest BCUT2D eigenvalue weighted by Crippen LogP contribution is 2.20. The first-order chi connectivity index (χ1) is 9.75. The molecule has 1 saturated heterocycles. The van der Waals surface area contributed by atoms with Gasteiger partial charge in [-0.3, -0.25) is 9.36 Å². The number of fused-ring (bicyclic) bond motifs is 1. The van der Waals surface area contributed by atoms with Crippen molar-refractivity contribution in [2.24, 2.45) is 7.05 Å². The fraction of sp³-hybridized carbons (Fsp3) is 0.571. The highest BCUT2D eigenvalue weighted by molar-refractivity contribution is 7.99. The molecular formula is C14H19N3OS2. The van der Waals surface area contributed by atoms with Crippen LogP contribution < -0.4 is 5.56 Å². The molecule has 0 radical (unpaired) electrons. The van der Waals surface area contributed by atoms with Crippen molar-refractivity contribution < 1.29 is 0 Å². The Hall–Kier alpha value is -0.850. The number of thiophene rings is 1. The van der Waals surface area contributed by atoms with Gasteiger partial charge in [-0.25, -0.2) is 4.98 Å². The Morgan fingerprint density at radius 1 is 1.35 bits per heavy atom. The quantitative estimate of drug-likeness (QED) is 0.643. The van der Waals surface area contributed by atoms with Gasteiger partial charge in [0.05, 0.1) is 5.52 Å². The van der Waals surface area contributed by atoms with E-state index in [0.717, 1.165) is 27.7 Å². The van der Waals surface area contributed by atoms with E-state index in [1.807, 2.05) is 18.5 Å². The van der Waals surface area contributed by atoms with Gasteiger partial charge in [-0.2, -0.15) is 0 Å². The Bertz CT molecular complexity index is 643. The average Bonchev–Trinajstić information content (AvgIpc) is 2.94. The van der Waals surface area contributed by atoms with E-state index < -0.39 is 0 Å². The van der Waals surface area contributed by atoms with Crippen LogP contribution in [-0.2, 0) is 7.05 Å². The van der Waals surface area contributed by atoms with Gasteiger partial charge in [0.2, 0.25) is 0 Å². The number of piperidine rings is 1. The van der Waals surface area contributed by atoms with Crippen LogP contribution in [0.5, 0.6) is 0 Å². The van der Waals surface area contributed by atoms with E-state index in [1.54, 1.807) is 16.3 Å². The van der Waals surface area contributed by atoms with Gasteiger partial charge >= 0.3 is 0 Å². The maximum atomic E-state index is 12.2. The van der Waals surface area contributed by atoms with Crippen LogP contribution in [0.3, 0.4) is 0 Å². The molecule has 0 N–H and O–H groups in total. The van der Waals surface area contributed by atoms with Gasteiger partial charge in [0.1, 0.15) is 4.70 Å². The third-order valence-corrected chi connectivity index (χ3v) is 5.64. The summed E-state index contributed by atoms with van der Waals surface area (Å²) in [5, 5.41) is 2.76. The molecular weight excluding hydrogens is 290 g/mol. The highest BCUT2D eigenvalue weighted by Gasteiger charge is 2.12. The molecule has 20 heavy (non-hydrogen) atoms. The van der Waals surface area contributed by atoms with Crippen molar-refractivity contribution in [3.05, 3.63) is 21.8 Å². The van der Waals surface area contributed by atoms with Gasteiger partial charge in [-0.15, -0.1) is 11.3 Å². The van der Waals surface area contributed by atoms with Crippen molar-refractivity contribution in [3.63, 3.8) is 0 Å². The van der Waals surface area contributed by atoms with Crippen LogP contribution in [0.15, 0.2) is 21.4 Å². The minimum atomic E-state index is 0.0745. The molecule has 6 heteroatoms. The molecule has 0 bridgehead atoms. The minimum absolute atomic E-state index is 0.0745. The van der Waals surface area contributed by atoms with E-state index in [4.69, 9.17) is 0 Å². The summed E-state index contributed by atoms with van der Waals surface area (Å²) < 4.78 is 2.44. The Morgan fingerprint density at radius 2 is 2.15 bits per heavy atom. The topological polar surface area (TPSA) is 38.1 Å². The Morgan fingerprint density at radius 3 is 2.95 bits per heavy atom. The minimum Gasteiger partial charge on any atom is -0.303 e. The molecule has 1 aliphatic heterocycles. The summed E-state index contributed by atoms with van der Waals surface area (Å²) in [6, 6.07) is 1.93. The molecule has 0 spiro atoms. The summed E-state index contributed by atoms with van der Waals surface area (Å²) in [7, 11) is 1.82. The normalized spacial score (nSPS) is 16.9. The van der Waals surface area contributed by atoms with Crippen molar-refractivity contribution in [1.29, 1.82) is 0 Å². The van der Waals surface area contributed by atoms with Crippen molar-refractivity contribution in [2.75, 3.05) is 25.4 Å². The molecule has 1 aliphatic rings.